The third kappa shape index (κ3) is 4.38. The van der Waals surface area contributed by atoms with Crippen molar-refractivity contribution >= 4 is 34.6 Å². The minimum absolute atomic E-state index is 0.00773. The Hall–Kier alpha value is -4.11. The Morgan fingerprint density at radius 2 is 1.79 bits per heavy atom. The molecule has 0 aliphatic rings. The zero-order valence-corrected chi connectivity index (χ0v) is 18.0. The highest BCUT2D eigenvalue weighted by molar-refractivity contribution is 6.33. The van der Waals surface area contributed by atoms with E-state index >= 15 is 0 Å². The predicted molar refractivity (Wildman–Crippen MR) is 124 cm³/mol. The second-order valence-corrected chi connectivity index (χ2v) is 7.69. The maximum Gasteiger partial charge on any atom is 0.417 e. The van der Waals surface area contributed by atoms with E-state index < -0.39 is 11.7 Å². The van der Waals surface area contributed by atoms with Gasteiger partial charge in [-0.25, -0.2) is 9.67 Å². The van der Waals surface area contributed by atoms with Crippen LogP contribution in [-0.2, 0) is 6.18 Å². The average molecular weight is 482 g/mol. The van der Waals surface area contributed by atoms with E-state index in [-0.39, 0.29) is 10.8 Å². The number of fused-ring (bicyclic) bond motifs is 1. The SMILES string of the molecule is FC(F)(F)c1cnc(N/N=C\c2cn(-c3ccccc3)nc2-c2cc3ccccc3o2)c(Cl)c1. The molecule has 0 saturated carbocycles. The molecule has 0 bridgehead atoms. The third-order valence-corrected chi connectivity index (χ3v) is 5.25. The van der Waals surface area contributed by atoms with Crippen molar-refractivity contribution in [2.45, 2.75) is 6.18 Å². The van der Waals surface area contributed by atoms with E-state index in [2.05, 4.69) is 20.6 Å². The highest BCUT2D eigenvalue weighted by Gasteiger charge is 2.31. The molecule has 0 radical (unpaired) electrons. The van der Waals surface area contributed by atoms with Crippen LogP contribution in [0.3, 0.4) is 0 Å². The van der Waals surface area contributed by atoms with E-state index in [1.807, 2.05) is 60.7 Å². The Morgan fingerprint density at radius 1 is 1.03 bits per heavy atom. The van der Waals surface area contributed by atoms with E-state index in [4.69, 9.17) is 16.0 Å². The van der Waals surface area contributed by atoms with Gasteiger partial charge in [-0.2, -0.15) is 23.4 Å². The van der Waals surface area contributed by atoms with Crippen LogP contribution >= 0.6 is 11.6 Å². The number of furan rings is 1. The summed E-state index contributed by atoms with van der Waals surface area (Å²) in [5.41, 5.74) is 4.34. The Labute approximate surface area is 196 Å². The molecule has 3 heterocycles. The van der Waals surface area contributed by atoms with Crippen LogP contribution in [0.5, 0.6) is 0 Å². The Morgan fingerprint density at radius 3 is 2.53 bits per heavy atom. The second-order valence-electron chi connectivity index (χ2n) is 7.28. The fourth-order valence-corrected chi connectivity index (χ4v) is 3.53. The second kappa shape index (κ2) is 8.68. The van der Waals surface area contributed by atoms with Crippen LogP contribution in [0.15, 0.2) is 88.6 Å². The van der Waals surface area contributed by atoms with Crippen LogP contribution < -0.4 is 5.43 Å². The predicted octanol–water partition coefficient (Wildman–Crippen LogP) is 6.80. The number of rotatable bonds is 5. The molecule has 0 amide bonds. The van der Waals surface area contributed by atoms with Crippen molar-refractivity contribution < 1.29 is 17.6 Å². The number of hydrogen-bond donors (Lipinski definition) is 1. The number of nitrogens with one attached hydrogen (secondary N) is 1. The molecule has 0 aliphatic carbocycles. The normalized spacial score (nSPS) is 12.0. The lowest BCUT2D eigenvalue weighted by atomic mass is 10.2. The van der Waals surface area contributed by atoms with Crippen molar-refractivity contribution in [3.8, 4) is 17.1 Å². The molecule has 3 aromatic heterocycles. The van der Waals surface area contributed by atoms with Crippen molar-refractivity contribution in [3.63, 3.8) is 0 Å². The van der Waals surface area contributed by atoms with E-state index in [1.165, 1.54) is 6.21 Å². The fourth-order valence-electron chi connectivity index (χ4n) is 3.32. The summed E-state index contributed by atoms with van der Waals surface area (Å²) in [5.74, 6) is 0.537. The highest BCUT2D eigenvalue weighted by Crippen LogP contribution is 2.32. The Balaban J connectivity index is 1.49. The Bertz CT molecular complexity index is 1460. The maximum absolute atomic E-state index is 12.8. The molecule has 0 saturated heterocycles. The number of aromatic nitrogens is 3. The van der Waals surface area contributed by atoms with Crippen LogP contribution in [0.2, 0.25) is 5.02 Å². The van der Waals surface area contributed by atoms with Gasteiger partial charge in [-0.3, -0.25) is 5.43 Å². The molecule has 1 N–H and O–H groups in total. The molecule has 0 aliphatic heterocycles. The third-order valence-electron chi connectivity index (χ3n) is 4.96. The smallest absolute Gasteiger partial charge is 0.417 e. The first-order valence-corrected chi connectivity index (χ1v) is 10.4. The molecule has 5 rings (SSSR count). The average Bonchev–Trinajstić information content (AvgIpc) is 3.44. The first-order valence-electron chi connectivity index (χ1n) is 10.0. The molecule has 0 atom stereocenters. The van der Waals surface area contributed by atoms with Crippen LogP contribution in [0.4, 0.5) is 19.0 Å². The van der Waals surface area contributed by atoms with Gasteiger partial charge in [0.1, 0.15) is 11.3 Å². The van der Waals surface area contributed by atoms with Gasteiger partial charge in [0, 0.05) is 23.3 Å². The van der Waals surface area contributed by atoms with Gasteiger partial charge in [0.15, 0.2) is 11.6 Å². The number of nitrogens with zero attached hydrogens (tertiary/aromatic N) is 4. The summed E-state index contributed by atoms with van der Waals surface area (Å²) in [6.45, 7) is 0. The minimum Gasteiger partial charge on any atom is -0.454 e. The minimum atomic E-state index is -4.54. The molecule has 0 spiro atoms. The number of benzene rings is 2. The molecule has 170 valence electrons. The van der Waals surface area contributed by atoms with E-state index in [0.29, 0.717) is 28.8 Å². The molecule has 0 unspecified atom stereocenters. The summed E-state index contributed by atoms with van der Waals surface area (Å²) in [7, 11) is 0. The maximum atomic E-state index is 12.8. The topological polar surface area (TPSA) is 68.2 Å². The molecule has 34 heavy (non-hydrogen) atoms. The fraction of sp³-hybridized carbons (Fsp3) is 0.0417. The number of pyridine rings is 1. The van der Waals surface area contributed by atoms with Gasteiger partial charge in [-0.1, -0.05) is 48.0 Å². The lowest BCUT2D eigenvalue weighted by molar-refractivity contribution is -0.137. The van der Waals surface area contributed by atoms with E-state index in [1.54, 1.807) is 10.9 Å². The number of hydrazone groups is 1. The number of anilines is 1. The summed E-state index contributed by atoms with van der Waals surface area (Å²) >= 11 is 5.94. The zero-order chi connectivity index (χ0) is 23.7. The summed E-state index contributed by atoms with van der Waals surface area (Å²) in [6.07, 6.45) is -0.599. The number of hydrogen-bond acceptors (Lipinski definition) is 5. The molecule has 5 aromatic rings. The van der Waals surface area contributed by atoms with Crippen molar-refractivity contribution in [2.24, 2.45) is 5.10 Å². The first kappa shape index (κ1) is 21.7. The van der Waals surface area contributed by atoms with Crippen molar-refractivity contribution in [1.82, 2.24) is 14.8 Å². The zero-order valence-electron chi connectivity index (χ0n) is 17.3. The standard InChI is InChI=1S/C24H15ClF3N5O/c25-19-11-17(24(26,27)28)13-29-23(19)31-30-12-16-14-33(18-7-2-1-3-8-18)32-22(16)21-10-15-6-4-5-9-20(15)34-21/h1-14H,(H,29,31)/b30-12-. The molecular weight excluding hydrogens is 467 g/mol. The summed E-state index contributed by atoms with van der Waals surface area (Å²) in [4.78, 5) is 3.72. The monoisotopic (exact) mass is 481 g/mol. The number of alkyl halides is 3. The van der Waals surface area contributed by atoms with Crippen molar-refractivity contribution in [2.75, 3.05) is 5.43 Å². The van der Waals surface area contributed by atoms with Gasteiger partial charge in [0.05, 0.1) is 22.5 Å². The molecule has 10 heteroatoms. The number of halogens is 4. The Kier molecular flexibility index (Phi) is 5.54. The molecule has 0 fully saturated rings. The van der Waals surface area contributed by atoms with Gasteiger partial charge in [-0.05, 0) is 30.3 Å². The first-order chi connectivity index (χ1) is 16.4. The van der Waals surface area contributed by atoms with Gasteiger partial charge < -0.3 is 4.42 Å². The van der Waals surface area contributed by atoms with Crippen LogP contribution in [0, 0.1) is 0 Å². The van der Waals surface area contributed by atoms with Gasteiger partial charge in [0.2, 0.25) is 0 Å². The molecule has 2 aromatic carbocycles. The molecular formula is C24H15ClF3N5O. The van der Waals surface area contributed by atoms with Gasteiger partial charge in [0.25, 0.3) is 0 Å². The summed E-state index contributed by atoms with van der Waals surface area (Å²) < 4.78 is 46.2. The lowest BCUT2D eigenvalue weighted by Gasteiger charge is -2.08. The lowest BCUT2D eigenvalue weighted by Crippen LogP contribution is -2.06. The van der Waals surface area contributed by atoms with Gasteiger partial charge >= 0.3 is 6.18 Å². The summed E-state index contributed by atoms with van der Waals surface area (Å²) in [5, 5.41) is 9.50. The van der Waals surface area contributed by atoms with Crippen LogP contribution in [-0.4, -0.2) is 21.0 Å². The largest absolute Gasteiger partial charge is 0.454 e. The van der Waals surface area contributed by atoms with Gasteiger partial charge in [-0.15, -0.1) is 0 Å². The van der Waals surface area contributed by atoms with E-state index in [0.717, 1.165) is 17.1 Å². The van der Waals surface area contributed by atoms with Crippen LogP contribution in [0.25, 0.3) is 28.1 Å². The number of para-hydroxylation sites is 2. The quantitative estimate of drug-likeness (QED) is 0.221. The van der Waals surface area contributed by atoms with E-state index in [9.17, 15) is 13.2 Å². The van der Waals surface area contributed by atoms with Crippen LogP contribution in [0.1, 0.15) is 11.1 Å². The molecule has 6 nitrogen and oxygen atoms in total. The highest BCUT2D eigenvalue weighted by atomic mass is 35.5. The van der Waals surface area contributed by atoms with Crippen molar-refractivity contribution in [1.29, 1.82) is 0 Å². The summed E-state index contributed by atoms with van der Waals surface area (Å²) in [6, 6.07) is 19.8. The van der Waals surface area contributed by atoms with Crippen molar-refractivity contribution in [3.05, 3.63) is 95.3 Å².